The van der Waals surface area contributed by atoms with E-state index in [0.29, 0.717) is 25.7 Å². The number of hydrogen-bond donors (Lipinski definition) is 0. The lowest BCUT2D eigenvalue weighted by Crippen LogP contribution is -2.45. The maximum atomic E-state index is 13.0. The standard InChI is InChI=1S/C24H30FNO2/c1-3-22(18-20-11-6-5-7-12-20)26(23(27)4-2)24(28)13-9-8-10-19-14-16-21(25)17-15-19/h5-7,11-12,14-17,22H,3-4,8-10,13,18H2,1-2H3. The third kappa shape index (κ3) is 6.59. The van der Waals surface area contributed by atoms with Crippen molar-refractivity contribution >= 4 is 11.8 Å². The fourth-order valence-corrected chi connectivity index (χ4v) is 3.40. The van der Waals surface area contributed by atoms with E-state index in [0.717, 1.165) is 30.4 Å². The van der Waals surface area contributed by atoms with Gasteiger partial charge >= 0.3 is 0 Å². The van der Waals surface area contributed by atoms with Crippen LogP contribution in [0.3, 0.4) is 0 Å². The second-order valence-electron chi connectivity index (χ2n) is 7.10. The zero-order valence-electron chi connectivity index (χ0n) is 16.9. The Bertz CT molecular complexity index is 743. The first-order valence-corrected chi connectivity index (χ1v) is 10.2. The zero-order chi connectivity index (χ0) is 20.4. The van der Waals surface area contributed by atoms with Crippen LogP contribution in [0.15, 0.2) is 54.6 Å². The highest BCUT2D eigenvalue weighted by molar-refractivity contribution is 5.95. The van der Waals surface area contributed by atoms with E-state index in [4.69, 9.17) is 0 Å². The molecule has 0 fully saturated rings. The molecule has 0 spiro atoms. The van der Waals surface area contributed by atoms with Gasteiger partial charge in [-0.1, -0.05) is 56.3 Å². The van der Waals surface area contributed by atoms with Crippen molar-refractivity contribution in [1.82, 2.24) is 4.90 Å². The van der Waals surface area contributed by atoms with Crippen molar-refractivity contribution in [2.45, 2.75) is 64.8 Å². The van der Waals surface area contributed by atoms with Crippen molar-refractivity contribution in [2.75, 3.05) is 0 Å². The smallest absolute Gasteiger partial charge is 0.229 e. The van der Waals surface area contributed by atoms with Crippen LogP contribution < -0.4 is 0 Å². The number of unbranched alkanes of at least 4 members (excludes halogenated alkanes) is 1. The second kappa shape index (κ2) is 11.4. The Morgan fingerprint density at radius 2 is 1.57 bits per heavy atom. The van der Waals surface area contributed by atoms with Crippen LogP contribution in [0.4, 0.5) is 4.39 Å². The van der Waals surface area contributed by atoms with Crippen LogP contribution in [0.2, 0.25) is 0 Å². The number of benzene rings is 2. The number of hydrogen-bond acceptors (Lipinski definition) is 2. The molecule has 1 atom stereocenters. The first-order chi connectivity index (χ1) is 13.5. The highest BCUT2D eigenvalue weighted by atomic mass is 19.1. The maximum absolute atomic E-state index is 13.0. The highest BCUT2D eigenvalue weighted by Gasteiger charge is 2.27. The van der Waals surface area contributed by atoms with Gasteiger partial charge in [-0.05, 0) is 55.4 Å². The molecule has 2 aromatic rings. The molecule has 0 radical (unpaired) electrons. The lowest BCUT2D eigenvalue weighted by atomic mass is 10.0. The Labute approximate surface area is 167 Å². The Hall–Kier alpha value is -2.49. The van der Waals surface area contributed by atoms with E-state index in [1.54, 1.807) is 19.1 Å². The van der Waals surface area contributed by atoms with Crippen LogP contribution in [-0.2, 0) is 22.4 Å². The van der Waals surface area contributed by atoms with E-state index in [1.807, 2.05) is 37.3 Å². The summed E-state index contributed by atoms with van der Waals surface area (Å²) in [6.45, 7) is 3.82. The van der Waals surface area contributed by atoms with Crippen LogP contribution in [0.1, 0.15) is 57.1 Å². The van der Waals surface area contributed by atoms with Crippen LogP contribution in [0.5, 0.6) is 0 Å². The summed E-state index contributed by atoms with van der Waals surface area (Å²) < 4.78 is 13.0. The Morgan fingerprint density at radius 1 is 0.893 bits per heavy atom. The van der Waals surface area contributed by atoms with E-state index in [-0.39, 0.29) is 23.7 Å². The average molecular weight is 384 g/mol. The minimum atomic E-state index is -0.239. The Balaban J connectivity index is 1.93. The molecule has 150 valence electrons. The normalized spacial score (nSPS) is 11.8. The molecule has 0 bridgehead atoms. The molecule has 0 saturated carbocycles. The predicted molar refractivity (Wildman–Crippen MR) is 110 cm³/mol. The van der Waals surface area contributed by atoms with Crippen molar-refractivity contribution in [3.05, 3.63) is 71.5 Å². The lowest BCUT2D eigenvalue weighted by Gasteiger charge is -2.29. The molecule has 2 amide bonds. The lowest BCUT2D eigenvalue weighted by molar-refractivity contribution is -0.147. The van der Waals surface area contributed by atoms with Crippen LogP contribution in [0.25, 0.3) is 0 Å². The number of nitrogens with zero attached hydrogens (tertiary/aromatic N) is 1. The quantitative estimate of drug-likeness (QED) is 0.520. The Kier molecular flexibility index (Phi) is 8.86. The van der Waals surface area contributed by atoms with Crippen molar-refractivity contribution in [2.24, 2.45) is 0 Å². The molecule has 0 aliphatic rings. The SMILES string of the molecule is CCC(=O)N(C(=O)CCCCc1ccc(F)cc1)C(CC)Cc1ccccc1. The zero-order valence-corrected chi connectivity index (χ0v) is 16.9. The summed E-state index contributed by atoms with van der Waals surface area (Å²) in [5.74, 6) is -0.434. The minimum Gasteiger partial charge on any atom is -0.279 e. The van der Waals surface area contributed by atoms with Crippen LogP contribution in [-0.4, -0.2) is 22.8 Å². The van der Waals surface area contributed by atoms with Crippen LogP contribution >= 0.6 is 0 Å². The summed E-state index contributed by atoms with van der Waals surface area (Å²) >= 11 is 0. The number of imide groups is 1. The van der Waals surface area contributed by atoms with E-state index in [1.165, 1.54) is 17.0 Å². The number of amides is 2. The molecule has 1 unspecified atom stereocenters. The van der Waals surface area contributed by atoms with Gasteiger partial charge in [-0.25, -0.2) is 4.39 Å². The Morgan fingerprint density at radius 3 is 2.18 bits per heavy atom. The van der Waals surface area contributed by atoms with Crippen molar-refractivity contribution in [1.29, 1.82) is 0 Å². The molecular weight excluding hydrogens is 353 g/mol. The monoisotopic (exact) mass is 383 g/mol. The fraction of sp³-hybridized carbons (Fsp3) is 0.417. The molecule has 0 N–H and O–H groups in total. The van der Waals surface area contributed by atoms with Crippen molar-refractivity contribution < 1.29 is 14.0 Å². The van der Waals surface area contributed by atoms with Gasteiger partial charge in [0.25, 0.3) is 0 Å². The first-order valence-electron chi connectivity index (χ1n) is 10.2. The van der Waals surface area contributed by atoms with Gasteiger partial charge in [-0.2, -0.15) is 0 Å². The molecule has 2 aromatic carbocycles. The molecule has 0 heterocycles. The number of rotatable bonds is 10. The predicted octanol–water partition coefficient (Wildman–Crippen LogP) is 5.33. The van der Waals surface area contributed by atoms with Gasteiger partial charge in [-0.15, -0.1) is 0 Å². The summed E-state index contributed by atoms with van der Waals surface area (Å²) in [5.41, 5.74) is 2.19. The highest BCUT2D eigenvalue weighted by Crippen LogP contribution is 2.17. The molecule has 3 nitrogen and oxygen atoms in total. The number of aryl methyl sites for hydroxylation is 1. The van der Waals surface area contributed by atoms with Gasteiger partial charge in [-0.3, -0.25) is 14.5 Å². The van der Waals surface area contributed by atoms with Crippen LogP contribution in [0, 0.1) is 5.82 Å². The van der Waals surface area contributed by atoms with E-state index in [9.17, 15) is 14.0 Å². The van der Waals surface area contributed by atoms with E-state index in [2.05, 4.69) is 0 Å². The fourth-order valence-electron chi connectivity index (χ4n) is 3.40. The van der Waals surface area contributed by atoms with Gasteiger partial charge in [0.05, 0.1) is 0 Å². The summed E-state index contributed by atoms with van der Waals surface area (Å²) in [6, 6.07) is 16.3. The summed E-state index contributed by atoms with van der Waals surface area (Å²) in [6.07, 6.45) is 4.46. The van der Waals surface area contributed by atoms with E-state index < -0.39 is 0 Å². The first kappa shape index (κ1) is 21.8. The van der Waals surface area contributed by atoms with Crippen molar-refractivity contribution in [3.8, 4) is 0 Å². The molecular formula is C24H30FNO2. The molecule has 4 heteroatoms. The molecule has 28 heavy (non-hydrogen) atoms. The van der Waals surface area contributed by atoms with Gasteiger partial charge in [0.1, 0.15) is 5.82 Å². The summed E-state index contributed by atoms with van der Waals surface area (Å²) in [5, 5.41) is 0. The molecule has 0 aliphatic carbocycles. The minimum absolute atomic E-state index is 0.0891. The molecule has 0 aliphatic heterocycles. The number of carbonyl (C=O) groups excluding carboxylic acids is 2. The third-order valence-electron chi connectivity index (χ3n) is 5.01. The van der Waals surface area contributed by atoms with Gasteiger partial charge in [0.15, 0.2) is 0 Å². The average Bonchev–Trinajstić information content (AvgIpc) is 2.72. The van der Waals surface area contributed by atoms with Gasteiger partial charge < -0.3 is 0 Å². The molecule has 0 aromatic heterocycles. The van der Waals surface area contributed by atoms with Crippen molar-refractivity contribution in [3.63, 3.8) is 0 Å². The number of halogens is 1. The van der Waals surface area contributed by atoms with Gasteiger partial charge in [0, 0.05) is 18.9 Å². The largest absolute Gasteiger partial charge is 0.279 e. The number of carbonyl (C=O) groups is 2. The second-order valence-corrected chi connectivity index (χ2v) is 7.10. The summed E-state index contributed by atoms with van der Waals surface area (Å²) in [7, 11) is 0. The maximum Gasteiger partial charge on any atom is 0.229 e. The summed E-state index contributed by atoms with van der Waals surface area (Å²) in [4.78, 5) is 26.8. The third-order valence-corrected chi connectivity index (χ3v) is 5.01. The topological polar surface area (TPSA) is 37.4 Å². The molecule has 0 saturated heterocycles. The van der Waals surface area contributed by atoms with Gasteiger partial charge in [0.2, 0.25) is 11.8 Å². The molecule has 2 rings (SSSR count). The van der Waals surface area contributed by atoms with E-state index >= 15 is 0 Å².